The van der Waals surface area contributed by atoms with Crippen molar-refractivity contribution in [3.63, 3.8) is 0 Å². The fourth-order valence-corrected chi connectivity index (χ4v) is 1.18. The molecule has 0 unspecified atom stereocenters. The standard InChI is InChI=1S/C10H15BFNO3/c1-13(2)5-6-16-10-7-8(12)3-4-9(10)11(14)15/h3-4,7,14-15H,5-6H2,1-2H3. The van der Waals surface area contributed by atoms with E-state index in [-0.39, 0.29) is 11.2 Å². The number of halogens is 1. The van der Waals surface area contributed by atoms with Gasteiger partial charge in [-0.15, -0.1) is 0 Å². The van der Waals surface area contributed by atoms with Crippen LogP contribution in [0.2, 0.25) is 0 Å². The van der Waals surface area contributed by atoms with Gasteiger partial charge in [0.15, 0.2) is 0 Å². The molecule has 0 radical (unpaired) electrons. The summed E-state index contributed by atoms with van der Waals surface area (Å²) in [4.78, 5) is 1.91. The molecule has 1 aromatic carbocycles. The Morgan fingerprint density at radius 3 is 2.62 bits per heavy atom. The van der Waals surface area contributed by atoms with E-state index in [0.29, 0.717) is 13.2 Å². The molecule has 1 aromatic rings. The van der Waals surface area contributed by atoms with E-state index in [2.05, 4.69) is 0 Å². The lowest BCUT2D eigenvalue weighted by molar-refractivity contribution is 0.261. The molecule has 0 aliphatic rings. The molecule has 0 heterocycles. The van der Waals surface area contributed by atoms with Gasteiger partial charge < -0.3 is 19.7 Å². The number of nitrogens with zero attached hydrogens (tertiary/aromatic N) is 1. The SMILES string of the molecule is CN(C)CCOc1cc(F)ccc1B(O)O. The fourth-order valence-electron chi connectivity index (χ4n) is 1.18. The van der Waals surface area contributed by atoms with E-state index in [1.54, 1.807) is 0 Å². The monoisotopic (exact) mass is 227 g/mol. The molecule has 2 N–H and O–H groups in total. The Labute approximate surface area is 94.4 Å². The summed E-state index contributed by atoms with van der Waals surface area (Å²) in [6.07, 6.45) is 0. The Kier molecular flexibility index (Phi) is 4.73. The second-order valence-electron chi connectivity index (χ2n) is 3.71. The average molecular weight is 227 g/mol. The largest absolute Gasteiger partial charge is 0.493 e. The van der Waals surface area contributed by atoms with Crippen molar-refractivity contribution < 1.29 is 19.2 Å². The molecule has 0 aromatic heterocycles. The topological polar surface area (TPSA) is 52.9 Å². The summed E-state index contributed by atoms with van der Waals surface area (Å²) < 4.78 is 18.2. The van der Waals surface area contributed by atoms with Gasteiger partial charge in [-0.3, -0.25) is 0 Å². The molecule has 0 saturated carbocycles. The lowest BCUT2D eigenvalue weighted by Crippen LogP contribution is -2.32. The first-order chi connectivity index (χ1) is 7.50. The van der Waals surface area contributed by atoms with Crippen molar-refractivity contribution in [2.24, 2.45) is 0 Å². The van der Waals surface area contributed by atoms with Crippen LogP contribution in [-0.2, 0) is 0 Å². The molecule has 0 spiro atoms. The Balaban J connectivity index is 2.72. The summed E-state index contributed by atoms with van der Waals surface area (Å²) in [5, 5.41) is 18.1. The molecule has 88 valence electrons. The van der Waals surface area contributed by atoms with E-state index < -0.39 is 12.9 Å². The molecule has 0 amide bonds. The van der Waals surface area contributed by atoms with Crippen molar-refractivity contribution in [1.82, 2.24) is 4.90 Å². The van der Waals surface area contributed by atoms with Crippen LogP contribution in [0.3, 0.4) is 0 Å². The van der Waals surface area contributed by atoms with Crippen molar-refractivity contribution in [3.05, 3.63) is 24.0 Å². The van der Waals surface area contributed by atoms with Gasteiger partial charge >= 0.3 is 7.12 Å². The highest BCUT2D eigenvalue weighted by Crippen LogP contribution is 2.10. The number of likely N-dealkylation sites (N-methyl/N-ethyl adjacent to an activating group) is 1. The lowest BCUT2D eigenvalue weighted by atomic mass is 9.79. The van der Waals surface area contributed by atoms with Crippen LogP contribution in [0.1, 0.15) is 0 Å². The van der Waals surface area contributed by atoms with E-state index in [0.717, 1.165) is 12.1 Å². The van der Waals surface area contributed by atoms with Crippen LogP contribution in [0.25, 0.3) is 0 Å². The Morgan fingerprint density at radius 2 is 2.06 bits per heavy atom. The zero-order valence-electron chi connectivity index (χ0n) is 9.35. The summed E-state index contributed by atoms with van der Waals surface area (Å²) in [6, 6.07) is 3.60. The molecule has 1 rings (SSSR count). The fraction of sp³-hybridized carbons (Fsp3) is 0.400. The Hall–Kier alpha value is -1.11. The minimum absolute atomic E-state index is 0.164. The van der Waals surface area contributed by atoms with Gasteiger partial charge in [-0.05, 0) is 20.2 Å². The van der Waals surface area contributed by atoms with E-state index in [1.165, 1.54) is 6.07 Å². The number of rotatable bonds is 5. The Morgan fingerprint density at radius 1 is 1.38 bits per heavy atom. The van der Waals surface area contributed by atoms with Gasteiger partial charge in [-0.25, -0.2) is 4.39 Å². The smallest absolute Gasteiger partial charge is 0.492 e. The van der Waals surface area contributed by atoms with Gasteiger partial charge in [-0.2, -0.15) is 0 Å². The Bertz CT molecular complexity index is 347. The molecule has 16 heavy (non-hydrogen) atoms. The first-order valence-corrected chi connectivity index (χ1v) is 4.94. The van der Waals surface area contributed by atoms with E-state index in [4.69, 9.17) is 14.8 Å². The number of hydrogen-bond acceptors (Lipinski definition) is 4. The van der Waals surface area contributed by atoms with Gasteiger partial charge in [0.2, 0.25) is 0 Å². The van der Waals surface area contributed by atoms with Crippen LogP contribution in [0.5, 0.6) is 5.75 Å². The molecule has 0 atom stereocenters. The van der Waals surface area contributed by atoms with Gasteiger partial charge in [0, 0.05) is 18.1 Å². The summed E-state index contributed by atoms with van der Waals surface area (Å²) in [6.45, 7) is 1.02. The van der Waals surface area contributed by atoms with Crippen molar-refractivity contribution in [2.45, 2.75) is 0 Å². The average Bonchev–Trinajstić information content (AvgIpc) is 2.16. The summed E-state index contributed by atoms with van der Waals surface area (Å²) >= 11 is 0. The second kappa shape index (κ2) is 5.84. The molecule has 4 nitrogen and oxygen atoms in total. The van der Waals surface area contributed by atoms with Crippen LogP contribution in [0.4, 0.5) is 4.39 Å². The number of hydrogen-bond donors (Lipinski definition) is 2. The minimum Gasteiger partial charge on any atom is -0.493 e. The van der Waals surface area contributed by atoms with Crippen LogP contribution in [0, 0.1) is 5.82 Å². The van der Waals surface area contributed by atoms with Gasteiger partial charge in [0.1, 0.15) is 18.2 Å². The number of ether oxygens (including phenoxy) is 1. The molecule has 0 fully saturated rings. The highest BCUT2D eigenvalue weighted by molar-refractivity contribution is 6.59. The predicted molar refractivity (Wildman–Crippen MR) is 60.3 cm³/mol. The van der Waals surface area contributed by atoms with Crippen molar-refractivity contribution in [2.75, 3.05) is 27.2 Å². The van der Waals surface area contributed by atoms with Crippen molar-refractivity contribution in [3.8, 4) is 5.75 Å². The molecular weight excluding hydrogens is 212 g/mol. The maximum absolute atomic E-state index is 12.9. The van der Waals surface area contributed by atoms with Crippen molar-refractivity contribution in [1.29, 1.82) is 0 Å². The van der Waals surface area contributed by atoms with Gasteiger partial charge in [-0.1, -0.05) is 6.07 Å². The minimum atomic E-state index is -1.66. The third-order valence-corrected chi connectivity index (χ3v) is 2.05. The molecule has 0 bridgehead atoms. The third-order valence-electron chi connectivity index (χ3n) is 2.05. The lowest BCUT2D eigenvalue weighted by Gasteiger charge is -2.13. The zero-order chi connectivity index (χ0) is 12.1. The predicted octanol–water partition coefficient (Wildman–Crippen LogP) is -0.554. The molecule has 0 aliphatic heterocycles. The van der Waals surface area contributed by atoms with Crippen LogP contribution in [-0.4, -0.2) is 49.3 Å². The van der Waals surface area contributed by atoms with Crippen molar-refractivity contribution >= 4 is 12.6 Å². The van der Waals surface area contributed by atoms with E-state index >= 15 is 0 Å². The number of benzene rings is 1. The summed E-state index contributed by atoms with van der Waals surface area (Å²) in [5.41, 5.74) is 0.167. The van der Waals surface area contributed by atoms with E-state index in [1.807, 2.05) is 19.0 Å². The first kappa shape index (κ1) is 13.0. The summed E-state index contributed by atoms with van der Waals surface area (Å²) in [5.74, 6) is -0.305. The van der Waals surface area contributed by atoms with Gasteiger partial charge in [0.05, 0.1) is 0 Å². The highest BCUT2D eigenvalue weighted by Gasteiger charge is 2.17. The van der Waals surface area contributed by atoms with E-state index in [9.17, 15) is 4.39 Å². The normalized spacial score (nSPS) is 10.6. The maximum Gasteiger partial charge on any atom is 0.492 e. The zero-order valence-corrected chi connectivity index (χ0v) is 9.35. The molecule has 0 aliphatic carbocycles. The second-order valence-corrected chi connectivity index (χ2v) is 3.71. The van der Waals surface area contributed by atoms with Gasteiger partial charge in [0.25, 0.3) is 0 Å². The van der Waals surface area contributed by atoms with Crippen LogP contribution >= 0.6 is 0 Å². The maximum atomic E-state index is 12.9. The van der Waals surface area contributed by atoms with Crippen LogP contribution in [0.15, 0.2) is 18.2 Å². The molecule has 6 heteroatoms. The summed E-state index contributed by atoms with van der Waals surface area (Å²) in [7, 11) is 2.11. The highest BCUT2D eigenvalue weighted by atomic mass is 19.1. The quantitative estimate of drug-likeness (QED) is 0.662. The third kappa shape index (κ3) is 3.81. The first-order valence-electron chi connectivity index (χ1n) is 4.94. The molecular formula is C10H15BFNO3. The molecule has 0 saturated heterocycles. The van der Waals surface area contributed by atoms with Crippen LogP contribution < -0.4 is 10.2 Å².